The van der Waals surface area contributed by atoms with Crippen LogP contribution in [0.4, 0.5) is 5.69 Å². The molecule has 2 aromatic carbocycles. The van der Waals surface area contributed by atoms with Crippen LogP contribution in [0, 0.1) is 20.8 Å². The van der Waals surface area contributed by atoms with E-state index >= 15 is 0 Å². The molecule has 0 bridgehead atoms. The number of nitrogen functional groups attached to an aromatic ring is 1. The predicted octanol–water partition coefficient (Wildman–Crippen LogP) is 7.60. The highest BCUT2D eigenvalue weighted by atomic mass is 32.2. The third-order valence-corrected chi connectivity index (χ3v) is 6.42. The molecule has 156 valence electrons. The van der Waals surface area contributed by atoms with Crippen LogP contribution in [-0.2, 0) is 19.3 Å². The highest BCUT2D eigenvalue weighted by molar-refractivity contribution is 8.07. The van der Waals surface area contributed by atoms with Gasteiger partial charge in [-0.3, -0.25) is 0 Å². The van der Waals surface area contributed by atoms with Crippen molar-refractivity contribution < 1.29 is 0 Å². The first-order valence-electron chi connectivity index (χ1n) is 10.6. The molecule has 2 N–H and O–H groups in total. The average Bonchev–Trinajstić information content (AvgIpc) is 2.89. The monoisotopic (exact) mass is 407 g/mol. The van der Waals surface area contributed by atoms with Gasteiger partial charge >= 0.3 is 0 Å². The van der Waals surface area contributed by atoms with E-state index in [1.807, 2.05) is 19.9 Å². The van der Waals surface area contributed by atoms with Crippen LogP contribution in [0.15, 0.2) is 43.0 Å². The van der Waals surface area contributed by atoms with Gasteiger partial charge in [-0.1, -0.05) is 43.4 Å². The minimum Gasteiger partial charge on any atom is -0.399 e. The standard InChI is InChI=1S/C15H20S.C12H17N/c1-11-9-13-7-5-4-6-8-14(13)10-15(11)12(2)16-3;1-8(2)5-11-6-10(4)12(13)7-9(11)3/h9-10H,2,4-8H2,1,3H3;6-7H,1,5,13H2,2-4H3. The van der Waals surface area contributed by atoms with Crippen molar-refractivity contribution in [3.8, 4) is 0 Å². The number of aryl methyl sites for hydroxylation is 5. The fraction of sp³-hybridized carbons (Fsp3) is 0.407. The van der Waals surface area contributed by atoms with Crippen molar-refractivity contribution in [2.45, 2.75) is 66.2 Å². The molecule has 0 radical (unpaired) electrons. The number of allylic oxidation sites excluding steroid dienone is 1. The van der Waals surface area contributed by atoms with Gasteiger partial charge in [0.2, 0.25) is 0 Å². The lowest BCUT2D eigenvalue weighted by molar-refractivity contribution is 0.711. The largest absolute Gasteiger partial charge is 0.399 e. The minimum atomic E-state index is 0.878. The fourth-order valence-electron chi connectivity index (χ4n) is 3.91. The van der Waals surface area contributed by atoms with Crippen LogP contribution in [-0.4, -0.2) is 6.26 Å². The fourth-order valence-corrected chi connectivity index (χ4v) is 4.35. The smallest absolute Gasteiger partial charge is 0.0346 e. The molecule has 0 amide bonds. The van der Waals surface area contributed by atoms with Crippen LogP contribution in [0.5, 0.6) is 0 Å². The second kappa shape index (κ2) is 10.7. The lowest BCUT2D eigenvalue weighted by atomic mass is 9.96. The number of hydrogen-bond acceptors (Lipinski definition) is 2. The molecular formula is C27H37NS. The maximum Gasteiger partial charge on any atom is 0.0346 e. The number of benzene rings is 2. The molecule has 29 heavy (non-hydrogen) atoms. The summed E-state index contributed by atoms with van der Waals surface area (Å²) in [5, 5.41) is 0. The Balaban J connectivity index is 0.000000212. The van der Waals surface area contributed by atoms with Gasteiger partial charge in [0.1, 0.15) is 0 Å². The molecule has 1 aliphatic rings. The number of fused-ring (bicyclic) bond motifs is 1. The summed E-state index contributed by atoms with van der Waals surface area (Å²) in [6.45, 7) is 16.4. The van der Waals surface area contributed by atoms with Crippen LogP contribution < -0.4 is 5.73 Å². The maximum atomic E-state index is 5.80. The van der Waals surface area contributed by atoms with E-state index in [0.717, 1.165) is 17.7 Å². The van der Waals surface area contributed by atoms with Crippen molar-refractivity contribution in [1.29, 1.82) is 0 Å². The molecule has 0 unspecified atom stereocenters. The molecule has 0 saturated carbocycles. The van der Waals surface area contributed by atoms with Crippen LogP contribution in [0.3, 0.4) is 0 Å². The Morgan fingerprint density at radius 2 is 1.52 bits per heavy atom. The zero-order valence-corrected chi connectivity index (χ0v) is 19.8. The summed E-state index contributed by atoms with van der Waals surface area (Å²) in [6, 6.07) is 8.96. The maximum absolute atomic E-state index is 5.80. The summed E-state index contributed by atoms with van der Waals surface area (Å²) in [4.78, 5) is 1.20. The van der Waals surface area contributed by atoms with Crippen molar-refractivity contribution in [2.75, 3.05) is 12.0 Å². The van der Waals surface area contributed by atoms with E-state index in [9.17, 15) is 0 Å². The van der Waals surface area contributed by atoms with Gasteiger partial charge in [0.05, 0.1) is 0 Å². The molecule has 0 fully saturated rings. The molecule has 0 atom stereocenters. The third kappa shape index (κ3) is 6.54. The van der Waals surface area contributed by atoms with E-state index in [2.05, 4.69) is 51.5 Å². The number of thioether (sulfide) groups is 1. The van der Waals surface area contributed by atoms with Crippen molar-refractivity contribution in [3.05, 3.63) is 81.9 Å². The van der Waals surface area contributed by atoms with Gasteiger partial charge in [-0.25, -0.2) is 0 Å². The lowest BCUT2D eigenvalue weighted by Gasteiger charge is -2.13. The molecule has 2 heteroatoms. The van der Waals surface area contributed by atoms with Crippen LogP contribution in [0.25, 0.3) is 4.91 Å². The average molecular weight is 408 g/mol. The third-order valence-electron chi connectivity index (χ3n) is 5.70. The molecule has 2 aromatic rings. The molecule has 0 aliphatic heterocycles. The molecular weight excluding hydrogens is 370 g/mol. The van der Waals surface area contributed by atoms with Crippen molar-refractivity contribution >= 4 is 22.4 Å². The van der Waals surface area contributed by atoms with E-state index in [-0.39, 0.29) is 0 Å². The van der Waals surface area contributed by atoms with E-state index in [0.29, 0.717) is 0 Å². The Labute approximate surface area is 182 Å². The van der Waals surface area contributed by atoms with Gasteiger partial charge in [0.25, 0.3) is 0 Å². The van der Waals surface area contributed by atoms with E-state index in [1.165, 1.54) is 64.8 Å². The summed E-state index contributed by atoms with van der Waals surface area (Å²) < 4.78 is 0. The van der Waals surface area contributed by atoms with Crippen molar-refractivity contribution in [1.82, 2.24) is 0 Å². The Morgan fingerprint density at radius 1 is 0.897 bits per heavy atom. The molecule has 0 saturated heterocycles. The first-order chi connectivity index (χ1) is 13.7. The van der Waals surface area contributed by atoms with Crippen LogP contribution >= 0.6 is 11.8 Å². The molecule has 0 aromatic heterocycles. The minimum absolute atomic E-state index is 0.878. The van der Waals surface area contributed by atoms with E-state index in [4.69, 9.17) is 5.73 Å². The number of rotatable bonds is 4. The number of hydrogen-bond donors (Lipinski definition) is 1. The lowest BCUT2D eigenvalue weighted by Crippen LogP contribution is -1.96. The zero-order chi connectivity index (χ0) is 21.6. The molecule has 0 spiro atoms. The SMILES string of the molecule is C=C(C)Cc1cc(C)c(N)cc1C.C=C(SC)c1cc2c(cc1C)CCCCC2. The zero-order valence-electron chi connectivity index (χ0n) is 19.0. The van der Waals surface area contributed by atoms with Crippen molar-refractivity contribution in [3.63, 3.8) is 0 Å². The second-order valence-electron chi connectivity index (χ2n) is 8.39. The van der Waals surface area contributed by atoms with Crippen molar-refractivity contribution in [2.24, 2.45) is 0 Å². The van der Waals surface area contributed by atoms with Gasteiger partial charge in [-0.05, 0) is 111 Å². The highest BCUT2D eigenvalue weighted by Crippen LogP contribution is 2.31. The van der Waals surface area contributed by atoms with E-state index < -0.39 is 0 Å². The summed E-state index contributed by atoms with van der Waals surface area (Å²) >= 11 is 1.75. The summed E-state index contributed by atoms with van der Waals surface area (Å²) in [7, 11) is 0. The predicted molar refractivity (Wildman–Crippen MR) is 134 cm³/mol. The first kappa shape index (κ1) is 23.3. The topological polar surface area (TPSA) is 26.0 Å². The van der Waals surface area contributed by atoms with Gasteiger partial charge in [-0.2, -0.15) is 0 Å². The van der Waals surface area contributed by atoms with E-state index in [1.54, 1.807) is 22.9 Å². The Kier molecular flexibility index (Phi) is 8.64. The molecule has 3 rings (SSSR count). The van der Waals surface area contributed by atoms with Gasteiger partial charge in [-0.15, -0.1) is 11.8 Å². The number of nitrogens with two attached hydrogens (primary N) is 1. The Morgan fingerprint density at radius 3 is 2.10 bits per heavy atom. The summed E-state index contributed by atoms with van der Waals surface area (Å²) in [5.41, 5.74) is 17.5. The molecule has 1 nitrogen and oxygen atoms in total. The Bertz CT molecular complexity index is 892. The van der Waals surface area contributed by atoms with Crippen LogP contribution in [0.2, 0.25) is 0 Å². The second-order valence-corrected chi connectivity index (χ2v) is 9.29. The van der Waals surface area contributed by atoms with Gasteiger partial charge in [0, 0.05) is 10.6 Å². The highest BCUT2D eigenvalue weighted by Gasteiger charge is 2.11. The van der Waals surface area contributed by atoms with Crippen LogP contribution in [0.1, 0.15) is 65.1 Å². The summed E-state index contributed by atoms with van der Waals surface area (Å²) in [5.74, 6) is 0. The first-order valence-corrected chi connectivity index (χ1v) is 11.8. The molecule has 0 heterocycles. The quantitative estimate of drug-likeness (QED) is 0.321. The molecule has 1 aliphatic carbocycles. The summed E-state index contributed by atoms with van der Waals surface area (Å²) in [6.07, 6.45) is 9.66. The van der Waals surface area contributed by atoms with Gasteiger partial charge < -0.3 is 5.73 Å². The number of anilines is 1. The normalized spacial score (nSPS) is 13.0. The Hall–Kier alpha value is -1.93. The van der Waals surface area contributed by atoms with Gasteiger partial charge in [0.15, 0.2) is 0 Å².